The second kappa shape index (κ2) is 8.58. The first-order valence-electron chi connectivity index (χ1n) is 9.18. The number of ether oxygens (including phenoxy) is 3. The van der Waals surface area contributed by atoms with E-state index in [1.807, 2.05) is 0 Å². The Balaban J connectivity index is 1.76. The molecule has 2 aromatic carbocycles. The van der Waals surface area contributed by atoms with Crippen LogP contribution in [0.15, 0.2) is 42.5 Å². The normalized spacial score (nSPS) is 14.5. The van der Waals surface area contributed by atoms with Crippen LogP contribution in [0.2, 0.25) is 0 Å². The molecule has 8 nitrogen and oxygen atoms in total. The van der Waals surface area contributed by atoms with E-state index in [0.717, 1.165) is 12.1 Å². The summed E-state index contributed by atoms with van der Waals surface area (Å²) in [5, 5.41) is 2.74. The average Bonchev–Trinajstić information content (AvgIpc) is 2.72. The molecule has 0 saturated heterocycles. The number of benzene rings is 2. The summed E-state index contributed by atoms with van der Waals surface area (Å²) < 4.78 is 39.2. The highest BCUT2D eigenvalue weighted by molar-refractivity contribution is 6.14. The molecule has 0 atom stereocenters. The van der Waals surface area contributed by atoms with Gasteiger partial charge >= 0.3 is 12.6 Å². The van der Waals surface area contributed by atoms with Gasteiger partial charge in [-0.25, -0.2) is 4.79 Å². The zero-order valence-corrected chi connectivity index (χ0v) is 17.0. The van der Waals surface area contributed by atoms with Gasteiger partial charge in [-0.15, -0.1) is 0 Å². The largest absolute Gasteiger partial charge is 0.493 e. The van der Waals surface area contributed by atoms with E-state index in [9.17, 15) is 23.2 Å². The molecule has 2 amide bonds. The maximum atomic E-state index is 12.9. The molecule has 2 aromatic rings. The molecular formula is C21H20F2N2O6. The lowest BCUT2D eigenvalue weighted by molar-refractivity contribution is -0.128. The Labute approximate surface area is 176 Å². The number of carbonyl (C=O) groups is 3. The number of fused-ring (bicyclic) bond motifs is 1. The zero-order valence-electron chi connectivity index (χ0n) is 17.0. The van der Waals surface area contributed by atoms with Crippen LogP contribution in [0.1, 0.15) is 24.2 Å². The van der Waals surface area contributed by atoms with E-state index >= 15 is 0 Å². The van der Waals surface area contributed by atoms with Gasteiger partial charge in [0.15, 0.2) is 18.1 Å². The van der Waals surface area contributed by atoms with Gasteiger partial charge in [-0.1, -0.05) is 12.1 Å². The van der Waals surface area contributed by atoms with Gasteiger partial charge in [-0.2, -0.15) is 8.78 Å². The summed E-state index contributed by atoms with van der Waals surface area (Å²) in [7, 11) is 1.23. The number of rotatable bonds is 6. The maximum absolute atomic E-state index is 12.9. The third-order valence-electron chi connectivity index (χ3n) is 4.70. The molecule has 0 aromatic heterocycles. The number of hydrogen-bond donors (Lipinski definition) is 1. The van der Waals surface area contributed by atoms with Crippen molar-refractivity contribution in [2.24, 2.45) is 0 Å². The Hall–Kier alpha value is -3.69. The number of methoxy groups -OCH3 is 1. The van der Waals surface area contributed by atoms with E-state index < -0.39 is 30.6 Å². The predicted octanol–water partition coefficient (Wildman–Crippen LogP) is 3.22. The van der Waals surface area contributed by atoms with Crippen molar-refractivity contribution in [1.29, 1.82) is 0 Å². The molecule has 0 aliphatic carbocycles. The second-order valence-corrected chi connectivity index (χ2v) is 7.08. The highest BCUT2D eigenvalue weighted by Gasteiger charge is 2.43. The minimum atomic E-state index is -3.06. The standard InChI is InChI=1S/C21H20F2N2O6/c1-21(2)19(28)24-13-6-4-5-7-14(13)25(21)17(26)11-30-18(27)12-8-9-15(31-20(22)23)16(10-12)29-3/h4-10,20H,11H2,1-3H3,(H,24,28). The van der Waals surface area contributed by atoms with Crippen molar-refractivity contribution in [1.82, 2.24) is 0 Å². The average molecular weight is 434 g/mol. The van der Waals surface area contributed by atoms with Crippen LogP contribution in [0, 0.1) is 0 Å². The van der Waals surface area contributed by atoms with Gasteiger partial charge in [0.2, 0.25) is 5.91 Å². The summed E-state index contributed by atoms with van der Waals surface area (Å²) in [6.45, 7) is -0.547. The molecule has 0 unspecified atom stereocenters. The van der Waals surface area contributed by atoms with Crippen molar-refractivity contribution in [3.63, 3.8) is 0 Å². The van der Waals surface area contributed by atoms with Crippen LogP contribution >= 0.6 is 0 Å². The summed E-state index contributed by atoms with van der Waals surface area (Å²) in [5.41, 5.74) is -0.300. The molecule has 0 bridgehead atoms. The van der Waals surface area contributed by atoms with Gasteiger partial charge in [0.1, 0.15) is 5.54 Å². The molecule has 31 heavy (non-hydrogen) atoms. The quantitative estimate of drug-likeness (QED) is 0.702. The number of nitrogens with one attached hydrogen (secondary N) is 1. The Morgan fingerprint density at radius 2 is 1.84 bits per heavy atom. The van der Waals surface area contributed by atoms with E-state index in [4.69, 9.17) is 9.47 Å². The highest BCUT2D eigenvalue weighted by atomic mass is 19.3. The van der Waals surface area contributed by atoms with Crippen LogP contribution in [0.4, 0.5) is 20.2 Å². The van der Waals surface area contributed by atoms with Crippen molar-refractivity contribution >= 4 is 29.2 Å². The van der Waals surface area contributed by atoms with Crippen molar-refractivity contribution in [2.75, 3.05) is 23.9 Å². The summed E-state index contributed by atoms with van der Waals surface area (Å²) in [5.74, 6) is -2.20. The number of anilines is 2. The van der Waals surface area contributed by atoms with E-state index in [2.05, 4.69) is 10.1 Å². The first-order valence-corrected chi connectivity index (χ1v) is 9.18. The number of nitrogens with zero attached hydrogens (tertiary/aromatic N) is 1. The van der Waals surface area contributed by atoms with Gasteiger partial charge in [0, 0.05) is 0 Å². The summed E-state index contributed by atoms with van der Waals surface area (Å²) in [4.78, 5) is 39.0. The van der Waals surface area contributed by atoms with Gasteiger partial charge in [0.25, 0.3) is 5.91 Å². The molecule has 0 saturated carbocycles. The topological polar surface area (TPSA) is 94.2 Å². The third-order valence-corrected chi connectivity index (χ3v) is 4.70. The lowest BCUT2D eigenvalue weighted by Gasteiger charge is -2.41. The van der Waals surface area contributed by atoms with Crippen LogP contribution in [-0.4, -0.2) is 43.7 Å². The van der Waals surface area contributed by atoms with E-state index in [1.165, 1.54) is 18.1 Å². The summed E-state index contributed by atoms with van der Waals surface area (Å²) in [6, 6.07) is 10.3. The summed E-state index contributed by atoms with van der Waals surface area (Å²) in [6.07, 6.45) is 0. The van der Waals surface area contributed by atoms with Crippen LogP contribution in [0.5, 0.6) is 11.5 Å². The van der Waals surface area contributed by atoms with Gasteiger partial charge in [-0.05, 0) is 44.2 Å². The molecular weight excluding hydrogens is 414 g/mol. The fourth-order valence-corrected chi connectivity index (χ4v) is 3.16. The molecule has 3 rings (SSSR count). The highest BCUT2D eigenvalue weighted by Crippen LogP contribution is 2.36. The van der Waals surface area contributed by atoms with Crippen LogP contribution in [-0.2, 0) is 14.3 Å². The van der Waals surface area contributed by atoms with Crippen molar-refractivity contribution in [2.45, 2.75) is 26.0 Å². The van der Waals surface area contributed by atoms with Crippen molar-refractivity contribution in [3.8, 4) is 11.5 Å². The third kappa shape index (κ3) is 4.42. The van der Waals surface area contributed by atoms with E-state index in [1.54, 1.807) is 38.1 Å². The smallest absolute Gasteiger partial charge is 0.387 e. The molecule has 0 radical (unpaired) electrons. The molecule has 10 heteroatoms. The fourth-order valence-electron chi connectivity index (χ4n) is 3.16. The van der Waals surface area contributed by atoms with Gasteiger partial charge in [-0.3, -0.25) is 14.5 Å². The van der Waals surface area contributed by atoms with Crippen LogP contribution < -0.4 is 19.7 Å². The van der Waals surface area contributed by atoms with E-state index in [0.29, 0.717) is 11.4 Å². The van der Waals surface area contributed by atoms with Gasteiger partial charge < -0.3 is 19.5 Å². The van der Waals surface area contributed by atoms with E-state index in [-0.39, 0.29) is 23.0 Å². The van der Waals surface area contributed by atoms with Crippen molar-refractivity contribution < 1.29 is 37.4 Å². The molecule has 1 N–H and O–H groups in total. The first kappa shape index (κ1) is 22.0. The predicted molar refractivity (Wildman–Crippen MR) is 107 cm³/mol. The molecule has 1 aliphatic heterocycles. The number of amides is 2. The summed E-state index contributed by atoms with van der Waals surface area (Å²) >= 11 is 0. The molecule has 0 spiro atoms. The molecule has 164 valence electrons. The van der Waals surface area contributed by atoms with Crippen molar-refractivity contribution in [3.05, 3.63) is 48.0 Å². The Morgan fingerprint density at radius 3 is 2.52 bits per heavy atom. The van der Waals surface area contributed by atoms with Crippen LogP contribution in [0.25, 0.3) is 0 Å². The first-order chi connectivity index (χ1) is 14.6. The van der Waals surface area contributed by atoms with Crippen LogP contribution in [0.3, 0.4) is 0 Å². The maximum Gasteiger partial charge on any atom is 0.387 e. The Morgan fingerprint density at radius 1 is 1.13 bits per heavy atom. The SMILES string of the molecule is COc1cc(C(=O)OCC(=O)N2c3ccccc3NC(=O)C2(C)C)ccc1OC(F)F. The minimum absolute atomic E-state index is 0.0256. The second-order valence-electron chi connectivity index (χ2n) is 7.08. The number of carbonyl (C=O) groups excluding carboxylic acids is 3. The Bertz CT molecular complexity index is 1020. The number of alkyl halides is 2. The lowest BCUT2D eigenvalue weighted by Crippen LogP contribution is -2.59. The number of para-hydroxylation sites is 2. The Kier molecular flexibility index (Phi) is 6.09. The number of halogens is 2. The lowest BCUT2D eigenvalue weighted by atomic mass is 9.96. The zero-order chi connectivity index (χ0) is 22.8. The fraction of sp³-hybridized carbons (Fsp3) is 0.286. The molecule has 0 fully saturated rings. The number of hydrogen-bond acceptors (Lipinski definition) is 6. The monoisotopic (exact) mass is 434 g/mol. The molecule has 1 heterocycles. The van der Waals surface area contributed by atoms with Gasteiger partial charge in [0.05, 0.1) is 24.0 Å². The number of esters is 1. The minimum Gasteiger partial charge on any atom is -0.493 e. The molecule has 1 aliphatic rings.